The van der Waals surface area contributed by atoms with Crippen LogP contribution in [-0.2, 0) is 11.4 Å². The minimum atomic E-state index is -0.332. The average molecular weight is 366 g/mol. The Bertz CT molecular complexity index is 823. The Kier molecular flexibility index (Phi) is 6.45. The molecule has 2 aromatic rings. The van der Waals surface area contributed by atoms with Gasteiger partial charge in [0, 0.05) is 17.7 Å². The smallest absolute Gasteiger partial charge is 0.227 e. The Morgan fingerprint density at radius 1 is 1.22 bits per heavy atom. The molecule has 4 nitrogen and oxygen atoms in total. The fraction of sp³-hybridized carbons (Fsp3) is 0.318. The van der Waals surface area contributed by atoms with E-state index in [0.29, 0.717) is 18.9 Å². The molecule has 3 rings (SSSR count). The lowest BCUT2D eigenvalue weighted by atomic mass is 9.96. The van der Waals surface area contributed by atoms with Crippen LogP contribution in [-0.4, -0.2) is 30.4 Å². The third-order valence-corrected chi connectivity index (χ3v) is 4.67. The van der Waals surface area contributed by atoms with Crippen LogP contribution in [0.3, 0.4) is 0 Å². The number of likely N-dealkylation sites (tertiary alicyclic amines) is 1. The zero-order valence-corrected chi connectivity index (χ0v) is 15.2. The van der Waals surface area contributed by atoms with Crippen molar-refractivity contribution in [2.24, 2.45) is 5.92 Å². The van der Waals surface area contributed by atoms with E-state index in [2.05, 4.69) is 16.1 Å². The van der Waals surface area contributed by atoms with Crippen LogP contribution in [0.15, 0.2) is 48.5 Å². The first-order valence-electron chi connectivity index (χ1n) is 9.08. The van der Waals surface area contributed by atoms with E-state index in [4.69, 9.17) is 11.2 Å². The highest BCUT2D eigenvalue weighted by Crippen LogP contribution is 2.20. The van der Waals surface area contributed by atoms with Crippen LogP contribution in [0.5, 0.6) is 5.75 Å². The molecule has 0 aromatic heterocycles. The molecule has 0 atom stereocenters. The zero-order chi connectivity index (χ0) is 19.1. The summed E-state index contributed by atoms with van der Waals surface area (Å²) in [5, 5.41) is 2.99. The lowest BCUT2D eigenvalue weighted by Crippen LogP contribution is -2.38. The summed E-state index contributed by atoms with van der Waals surface area (Å²) < 4.78 is 18.8. The molecule has 0 radical (unpaired) electrons. The van der Waals surface area contributed by atoms with Crippen LogP contribution in [0.1, 0.15) is 18.4 Å². The van der Waals surface area contributed by atoms with Gasteiger partial charge in [-0.3, -0.25) is 9.69 Å². The van der Waals surface area contributed by atoms with Gasteiger partial charge in [-0.2, -0.15) is 0 Å². The molecular weight excluding hydrogens is 343 g/mol. The number of halogens is 1. The van der Waals surface area contributed by atoms with E-state index in [0.717, 1.165) is 37.2 Å². The summed E-state index contributed by atoms with van der Waals surface area (Å²) in [6, 6.07) is 13.6. The number of terminal acetylenes is 1. The number of piperidine rings is 1. The standard InChI is InChI=1S/C22H23FN2O2/c1-2-11-25-12-9-18(10-13-25)22(26)24-20-7-3-5-17(14-20)16-27-21-8-4-6-19(23)15-21/h1,3-8,14-15,18H,9-13,16H2,(H,24,26). The van der Waals surface area contributed by atoms with Crippen LogP contribution in [0.4, 0.5) is 10.1 Å². The molecule has 1 aliphatic heterocycles. The Labute approximate surface area is 159 Å². The maximum Gasteiger partial charge on any atom is 0.227 e. The molecule has 1 N–H and O–H groups in total. The number of hydrogen-bond acceptors (Lipinski definition) is 3. The summed E-state index contributed by atoms with van der Waals surface area (Å²) in [6.45, 7) is 2.65. The molecule has 1 heterocycles. The number of amides is 1. The van der Waals surface area contributed by atoms with Gasteiger partial charge in [-0.05, 0) is 55.8 Å². The van der Waals surface area contributed by atoms with Crippen molar-refractivity contribution in [2.75, 3.05) is 25.0 Å². The molecule has 140 valence electrons. The Hall–Kier alpha value is -2.84. The van der Waals surface area contributed by atoms with Crippen LogP contribution in [0, 0.1) is 24.1 Å². The number of rotatable bonds is 6. The van der Waals surface area contributed by atoms with Crippen molar-refractivity contribution in [1.29, 1.82) is 0 Å². The fourth-order valence-electron chi connectivity index (χ4n) is 3.19. The summed E-state index contributed by atoms with van der Waals surface area (Å²) in [5.74, 6) is 2.84. The SMILES string of the molecule is C#CCN1CCC(C(=O)Nc2cccc(COc3cccc(F)c3)c2)CC1. The van der Waals surface area contributed by atoms with Crippen LogP contribution in [0.25, 0.3) is 0 Å². The zero-order valence-electron chi connectivity index (χ0n) is 15.2. The van der Waals surface area contributed by atoms with Crippen molar-refractivity contribution in [3.63, 3.8) is 0 Å². The molecule has 1 saturated heterocycles. The quantitative estimate of drug-likeness (QED) is 0.793. The molecule has 2 aromatic carbocycles. The van der Waals surface area contributed by atoms with Gasteiger partial charge in [0.2, 0.25) is 5.91 Å². The second kappa shape index (κ2) is 9.20. The van der Waals surface area contributed by atoms with Crippen LogP contribution >= 0.6 is 0 Å². The van der Waals surface area contributed by atoms with Gasteiger partial charge in [-0.25, -0.2) is 4.39 Å². The maximum atomic E-state index is 13.2. The highest BCUT2D eigenvalue weighted by atomic mass is 19.1. The molecule has 27 heavy (non-hydrogen) atoms. The van der Waals surface area contributed by atoms with Crippen molar-refractivity contribution in [3.05, 3.63) is 59.9 Å². The van der Waals surface area contributed by atoms with E-state index in [1.165, 1.54) is 12.1 Å². The summed E-state index contributed by atoms with van der Waals surface area (Å²) >= 11 is 0. The third kappa shape index (κ3) is 5.57. The molecule has 0 unspecified atom stereocenters. The Morgan fingerprint density at radius 3 is 2.74 bits per heavy atom. The Balaban J connectivity index is 1.53. The third-order valence-electron chi connectivity index (χ3n) is 4.67. The van der Waals surface area contributed by atoms with Gasteiger partial charge < -0.3 is 10.1 Å². The minimum absolute atomic E-state index is 0.00576. The van der Waals surface area contributed by atoms with Crippen molar-refractivity contribution < 1.29 is 13.9 Å². The van der Waals surface area contributed by atoms with E-state index in [9.17, 15) is 9.18 Å². The second-order valence-electron chi connectivity index (χ2n) is 6.69. The van der Waals surface area contributed by atoms with E-state index in [1.807, 2.05) is 24.3 Å². The van der Waals surface area contributed by atoms with E-state index in [1.54, 1.807) is 12.1 Å². The number of anilines is 1. The molecule has 5 heteroatoms. The molecule has 1 fully saturated rings. The first-order chi connectivity index (χ1) is 13.1. The number of benzene rings is 2. The number of carbonyl (C=O) groups is 1. The first-order valence-corrected chi connectivity index (χ1v) is 9.08. The average Bonchev–Trinajstić information content (AvgIpc) is 2.68. The van der Waals surface area contributed by atoms with E-state index in [-0.39, 0.29) is 17.6 Å². The maximum absolute atomic E-state index is 13.2. The normalized spacial score (nSPS) is 15.1. The molecule has 1 aliphatic rings. The second-order valence-corrected chi connectivity index (χ2v) is 6.69. The molecule has 0 bridgehead atoms. The fourth-order valence-corrected chi connectivity index (χ4v) is 3.19. The lowest BCUT2D eigenvalue weighted by Gasteiger charge is -2.29. The summed E-state index contributed by atoms with van der Waals surface area (Å²) in [5.41, 5.74) is 1.65. The number of ether oxygens (including phenoxy) is 1. The summed E-state index contributed by atoms with van der Waals surface area (Å²) in [7, 11) is 0. The van der Waals surface area contributed by atoms with Gasteiger partial charge in [0.15, 0.2) is 0 Å². The van der Waals surface area contributed by atoms with Crippen molar-refractivity contribution in [3.8, 4) is 18.1 Å². The van der Waals surface area contributed by atoms with Gasteiger partial charge in [0.05, 0.1) is 6.54 Å². The predicted molar refractivity (Wildman–Crippen MR) is 104 cm³/mol. The molecule has 0 saturated carbocycles. The monoisotopic (exact) mass is 366 g/mol. The number of nitrogens with one attached hydrogen (secondary N) is 1. The van der Waals surface area contributed by atoms with Crippen molar-refractivity contribution in [2.45, 2.75) is 19.4 Å². The van der Waals surface area contributed by atoms with Gasteiger partial charge >= 0.3 is 0 Å². The highest BCUT2D eigenvalue weighted by Gasteiger charge is 2.24. The number of hydrogen-bond donors (Lipinski definition) is 1. The molecule has 0 spiro atoms. The largest absolute Gasteiger partial charge is 0.489 e. The summed E-state index contributed by atoms with van der Waals surface area (Å²) in [4.78, 5) is 14.7. The van der Waals surface area contributed by atoms with Crippen molar-refractivity contribution >= 4 is 11.6 Å². The highest BCUT2D eigenvalue weighted by molar-refractivity contribution is 5.92. The summed E-state index contributed by atoms with van der Waals surface area (Å²) in [6.07, 6.45) is 6.97. The van der Waals surface area contributed by atoms with Gasteiger partial charge in [-0.15, -0.1) is 6.42 Å². The topological polar surface area (TPSA) is 41.6 Å². The van der Waals surface area contributed by atoms with Gasteiger partial charge in [0.25, 0.3) is 0 Å². The van der Waals surface area contributed by atoms with Gasteiger partial charge in [-0.1, -0.05) is 24.1 Å². The van der Waals surface area contributed by atoms with Gasteiger partial charge in [0.1, 0.15) is 18.2 Å². The predicted octanol–water partition coefficient (Wildman–Crippen LogP) is 3.69. The number of carbonyl (C=O) groups excluding carboxylic acids is 1. The van der Waals surface area contributed by atoms with Crippen LogP contribution < -0.4 is 10.1 Å². The minimum Gasteiger partial charge on any atom is -0.489 e. The van der Waals surface area contributed by atoms with Crippen molar-refractivity contribution in [1.82, 2.24) is 4.90 Å². The van der Waals surface area contributed by atoms with E-state index >= 15 is 0 Å². The molecular formula is C22H23FN2O2. The number of nitrogens with zero attached hydrogens (tertiary/aromatic N) is 1. The molecule has 1 amide bonds. The lowest BCUT2D eigenvalue weighted by molar-refractivity contribution is -0.121. The first kappa shape index (κ1) is 18.9. The van der Waals surface area contributed by atoms with E-state index < -0.39 is 0 Å². The van der Waals surface area contributed by atoms with Crippen LogP contribution in [0.2, 0.25) is 0 Å². The Morgan fingerprint density at radius 2 is 2.00 bits per heavy atom. The molecule has 0 aliphatic carbocycles.